The number of fused-ring (bicyclic) bond motifs is 4. The predicted molar refractivity (Wildman–Crippen MR) is 135 cm³/mol. The summed E-state index contributed by atoms with van der Waals surface area (Å²) in [5.74, 6) is 0. The van der Waals surface area contributed by atoms with Gasteiger partial charge in [-0.2, -0.15) is 0 Å². The zero-order chi connectivity index (χ0) is 22.1. The number of nitrogens with zero attached hydrogens (tertiary/aromatic N) is 2. The molecule has 0 radical (unpaired) electrons. The van der Waals surface area contributed by atoms with Crippen LogP contribution in [0.4, 0.5) is 11.4 Å². The van der Waals surface area contributed by atoms with Crippen molar-refractivity contribution in [3.8, 4) is 0 Å². The van der Waals surface area contributed by atoms with Crippen LogP contribution in [-0.4, -0.2) is 19.6 Å². The Balaban J connectivity index is 1.66. The van der Waals surface area contributed by atoms with Crippen LogP contribution < -0.4 is 9.80 Å². The molecule has 2 nitrogen and oxygen atoms in total. The smallest absolute Gasteiger partial charge is 0.0582 e. The number of aryl methyl sites for hydroxylation is 1. The molecule has 1 aliphatic carbocycles. The highest BCUT2D eigenvalue weighted by Gasteiger charge is 2.46. The number of allylic oxidation sites excluding steroid dienone is 2. The van der Waals surface area contributed by atoms with Gasteiger partial charge in [-0.25, -0.2) is 0 Å². The molecule has 2 heterocycles. The highest BCUT2D eigenvalue weighted by Crippen LogP contribution is 2.53. The van der Waals surface area contributed by atoms with Gasteiger partial charge in [0.05, 0.1) is 11.7 Å². The molecular weight excluding hydrogens is 400 g/mol. The largest absolute Gasteiger partial charge is 0.367 e. The van der Waals surface area contributed by atoms with E-state index in [2.05, 4.69) is 94.0 Å². The topological polar surface area (TPSA) is 6.48 Å². The van der Waals surface area contributed by atoms with Crippen LogP contribution in [0.25, 0.3) is 6.08 Å². The van der Waals surface area contributed by atoms with Crippen molar-refractivity contribution in [3.05, 3.63) is 75.5 Å². The van der Waals surface area contributed by atoms with E-state index in [1.807, 2.05) is 6.07 Å². The van der Waals surface area contributed by atoms with Crippen molar-refractivity contribution in [3.63, 3.8) is 0 Å². The average molecular weight is 433 g/mol. The van der Waals surface area contributed by atoms with Crippen LogP contribution in [0.15, 0.2) is 48.2 Å². The lowest BCUT2D eigenvalue weighted by molar-refractivity contribution is 0.480. The van der Waals surface area contributed by atoms with Crippen LogP contribution >= 0.6 is 11.6 Å². The summed E-state index contributed by atoms with van der Waals surface area (Å²) in [4.78, 5) is 4.99. The first-order chi connectivity index (χ1) is 14.7. The third-order valence-corrected chi connectivity index (χ3v) is 8.10. The van der Waals surface area contributed by atoms with E-state index in [1.165, 1.54) is 39.3 Å². The number of anilines is 2. The maximum Gasteiger partial charge on any atom is 0.0582 e. The van der Waals surface area contributed by atoms with Gasteiger partial charge in [0.25, 0.3) is 0 Å². The number of hydrogen-bond donors (Lipinski definition) is 0. The van der Waals surface area contributed by atoms with Crippen molar-refractivity contribution in [2.24, 2.45) is 0 Å². The summed E-state index contributed by atoms with van der Waals surface area (Å²) in [5, 5.41) is 0.803. The van der Waals surface area contributed by atoms with Crippen LogP contribution in [-0.2, 0) is 17.3 Å². The standard InChI is InChI=1S/C28H33ClN2/c1-7-31-25(17-24-27(2,3)21-15-13-19(29)16-23(21)30(24)6)28(4,5)22-14-12-18-10-8-9-11-20(18)26(22)31/h9,11-17,24H,7-8,10H2,1-6H3. The van der Waals surface area contributed by atoms with E-state index in [-0.39, 0.29) is 16.9 Å². The molecule has 0 spiro atoms. The van der Waals surface area contributed by atoms with Crippen molar-refractivity contribution < 1.29 is 0 Å². The fourth-order valence-electron chi connectivity index (χ4n) is 6.12. The van der Waals surface area contributed by atoms with Crippen LogP contribution in [0.3, 0.4) is 0 Å². The van der Waals surface area contributed by atoms with Crippen molar-refractivity contribution in [1.29, 1.82) is 0 Å². The molecule has 0 saturated heterocycles. The third-order valence-electron chi connectivity index (χ3n) is 7.87. The lowest BCUT2D eigenvalue weighted by Gasteiger charge is -2.34. The molecule has 0 amide bonds. The minimum absolute atomic E-state index is 0.00523. The molecule has 2 aromatic rings. The summed E-state index contributed by atoms with van der Waals surface area (Å²) in [6.07, 6.45) is 9.51. The summed E-state index contributed by atoms with van der Waals surface area (Å²) in [5.41, 5.74) is 9.79. The van der Waals surface area contributed by atoms with E-state index >= 15 is 0 Å². The van der Waals surface area contributed by atoms with E-state index in [1.54, 1.807) is 0 Å². The molecule has 162 valence electrons. The van der Waals surface area contributed by atoms with Gasteiger partial charge in [-0.15, -0.1) is 0 Å². The fourth-order valence-corrected chi connectivity index (χ4v) is 6.28. The van der Waals surface area contributed by atoms with Crippen LogP contribution in [0, 0.1) is 0 Å². The zero-order valence-electron chi connectivity index (χ0n) is 19.6. The number of hydrogen-bond acceptors (Lipinski definition) is 2. The molecule has 0 saturated carbocycles. The van der Waals surface area contributed by atoms with Crippen molar-refractivity contribution in [1.82, 2.24) is 0 Å². The van der Waals surface area contributed by atoms with Crippen LogP contribution in [0.2, 0.25) is 5.02 Å². The lowest BCUT2D eigenvalue weighted by Crippen LogP contribution is -2.40. The first kappa shape index (κ1) is 20.7. The van der Waals surface area contributed by atoms with Crippen molar-refractivity contribution in [2.45, 2.75) is 64.3 Å². The van der Waals surface area contributed by atoms with Gasteiger partial charge in [0.15, 0.2) is 0 Å². The highest BCUT2D eigenvalue weighted by atomic mass is 35.5. The van der Waals surface area contributed by atoms with E-state index in [0.717, 1.165) is 24.4 Å². The maximum absolute atomic E-state index is 6.36. The molecule has 0 fully saturated rings. The van der Waals surface area contributed by atoms with Crippen LogP contribution in [0.1, 0.15) is 63.3 Å². The second-order valence-electron chi connectivity index (χ2n) is 10.3. The van der Waals surface area contributed by atoms with E-state index in [0.29, 0.717) is 0 Å². The lowest BCUT2D eigenvalue weighted by atomic mass is 9.77. The van der Waals surface area contributed by atoms with E-state index < -0.39 is 0 Å². The first-order valence-electron chi connectivity index (χ1n) is 11.5. The fraction of sp³-hybridized carbons (Fsp3) is 0.429. The summed E-state index contributed by atoms with van der Waals surface area (Å²) in [6.45, 7) is 12.8. The molecule has 0 bridgehead atoms. The average Bonchev–Trinajstić information content (AvgIpc) is 3.07. The SMILES string of the molecule is CCN1C(=CC2N(C)c3cc(Cl)ccc3C2(C)C)C(C)(C)c2ccc3c(c21)C=CCC3. The maximum atomic E-state index is 6.36. The second kappa shape index (κ2) is 6.90. The molecule has 0 N–H and O–H groups in total. The van der Waals surface area contributed by atoms with Crippen LogP contribution in [0.5, 0.6) is 0 Å². The summed E-state index contributed by atoms with van der Waals surface area (Å²) in [7, 11) is 2.21. The molecular formula is C28H33ClN2. The van der Waals surface area contributed by atoms with Crippen molar-refractivity contribution >= 4 is 29.1 Å². The van der Waals surface area contributed by atoms with Gasteiger partial charge in [0, 0.05) is 46.4 Å². The van der Waals surface area contributed by atoms with Gasteiger partial charge in [-0.05, 0) is 54.7 Å². The van der Waals surface area contributed by atoms with Gasteiger partial charge in [-0.1, -0.05) is 69.6 Å². The Morgan fingerprint density at radius 1 is 1.10 bits per heavy atom. The summed E-state index contributed by atoms with van der Waals surface area (Å²) in [6, 6.07) is 11.4. The Hall–Kier alpha value is -2.19. The third kappa shape index (κ3) is 2.84. The zero-order valence-corrected chi connectivity index (χ0v) is 20.3. The van der Waals surface area contributed by atoms with Gasteiger partial charge in [0.1, 0.15) is 0 Å². The number of rotatable bonds is 2. The quantitative estimate of drug-likeness (QED) is 0.499. The summed E-state index contributed by atoms with van der Waals surface area (Å²) < 4.78 is 0. The minimum Gasteiger partial charge on any atom is -0.367 e. The van der Waals surface area contributed by atoms with Gasteiger partial charge < -0.3 is 9.80 Å². The van der Waals surface area contributed by atoms with E-state index in [9.17, 15) is 0 Å². The van der Waals surface area contributed by atoms with Gasteiger partial charge >= 0.3 is 0 Å². The van der Waals surface area contributed by atoms with Gasteiger partial charge in [-0.3, -0.25) is 0 Å². The predicted octanol–water partition coefficient (Wildman–Crippen LogP) is 7.10. The Morgan fingerprint density at radius 2 is 1.84 bits per heavy atom. The Morgan fingerprint density at radius 3 is 2.58 bits per heavy atom. The van der Waals surface area contributed by atoms with E-state index in [4.69, 9.17) is 11.6 Å². The number of likely N-dealkylation sites (N-methyl/N-ethyl adjacent to an activating group) is 2. The minimum atomic E-state index is -0.0327. The second-order valence-corrected chi connectivity index (χ2v) is 10.8. The number of halogens is 1. The first-order valence-corrected chi connectivity index (χ1v) is 11.9. The normalized spacial score (nSPS) is 23.8. The molecule has 31 heavy (non-hydrogen) atoms. The Labute approximate surface area is 192 Å². The Kier molecular flexibility index (Phi) is 4.61. The molecule has 5 rings (SSSR count). The summed E-state index contributed by atoms with van der Waals surface area (Å²) >= 11 is 6.36. The molecule has 3 aliphatic rings. The Bertz CT molecular complexity index is 1120. The van der Waals surface area contributed by atoms with Crippen molar-refractivity contribution in [2.75, 3.05) is 23.4 Å². The number of benzene rings is 2. The highest BCUT2D eigenvalue weighted by molar-refractivity contribution is 6.30. The molecule has 2 aliphatic heterocycles. The molecule has 0 aromatic heterocycles. The molecule has 2 aromatic carbocycles. The molecule has 3 heteroatoms. The van der Waals surface area contributed by atoms with Gasteiger partial charge in [0.2, 0.25) is 0 Å². The molecule has 1 atom stereocenters. The molecule has 1 unspecified atom stereocenters. The monoisotopic (exact) mass is 432 g/mol.